The number of aryl methyl sites for hydroxylation is 1. The van der Waals surface area contributed by atoms with Crippen LogP contribution in [0.4, 0.5) is 0 Å². The number of hydrogen-bond donors (Lipinski definition) is 0. The molecule has 0 spiro atoms. The third-order valence-corrected chi connectivity index (χ3v) is 5.36. The summed E-state index contributed by atoms with van der Waals surface area (Å²) in [4.78, 5) is 20.9. The molecule has 0 bridgehead atoms. The molecule has 23 heavy (non-hydrogen) atoms. The molecule has 3 aromatic rings. The molecule has 2 aromatic heterocycles. The van der Waals surface area contributed by atoms with Crippen molar-refractivity contribution in [2.45, 2.75) is 25.8 Å². The molecule has 4 rings (SSSR count). The molecule has 1 aromatic carbocycles. The zero-order chi connectivity index (χ0) is 15.8. The van der Waals surface area contributed by atoms with Gasteiger partial charge in [-0.05, 0) is 31.0 Å². The Morgan fingerprint density at radius 2 is 2.17 bits per heavy atom. The van der Waals surface area contributed by atoms with Gasteiger partial charge in [-0.1, -0.05) is 6.92 Å². The first kappa shape index (κ1) is 14.3. The summed E-state index contributed by atoms with van der Waals surface area (Å²) in [5.74, 6) is 0.0769. The van der Waals surface area contributed by atoms with Crippen LogP contribution in [0.25, 0.3) is 10.2 Å². The normalized spacial score (nSPS) is 18.0. The summed E-state index contributed by atoms with van der Waals surface area (Å²) in [6, 6.07) is 5.96. The van der Waals surface area contributed by atoms with E-state index in [0.717, 1.165) is 40.2 Å². The lowest BCUT2D eigenvalue weighted by Gasteiger charge is -2.16. The largest absolute Gasteiger partial charge is 0.336 e. The lowest BCUT2D eigenvalue weighted by molar-refractivity contribution is 0.0786. The molecule has 1 unspecified atom stereocenters. The number of aromatic nitrogens is 4. The minimum absolute atomic E-state index is 0.0769. The van der Waals surface area contributed by atoms with Crippen molar-refractivity contribution in [2.75, 3.05) is 13.1 Å². The summed E-state index contributed by atoms with van der Waals surface area (Å²) in [5, 5.41) is 9.46. The SMILES string of the molecule is CCc1nc2ccc(C(=O)N3CCC(n4nccn4)C3)cc2s1. The predicted molar refractivity (Wildman–Crippen MR) is 88.6 cm³/mol. The van der Waals surface area contributed by atoms with Gasteiger partial charge in [-0.15, -0.1) is 11.3 Å². The Bertz CT molecular complexity index is 841. The Balaban J connectivity index is 1.55. The van der Waals surface area contributed by atoms with Crippen LogP contribution in [0.5, 0.6) is 0 Å². The number of benzene rings is 1. The first-order chi connectivity index (χ1) is 11.2. The van der Waals surface area contributed by atoms with Crippen LogP contribution in [0.2, 0.25) is 0 Å². The number of rotatable bonds is 3. The quantitative estimate of drug-likeness (QED) is 0.741. The fourth-order valence-electron chi connectivity index (χ4n) is 2.97. The van der Waals surface area contributed by atoms with Gasteiger partial charge in [0.05, 0.1) is 33.7 Å². The van der Waals surface area contributed by atoms with E-state index in [0.29, 0.717) is 6.54 Å². The zero-order valence-corrected chi connectivity index (χ0v) is 13.7. The van der Waals surface area contributed by atoms with E-state index in [2.05, 4.69) is 22.1 Å². The maximum Gasteiger partial charge on any atom is 0.253 e. The minimum Gasteiger partial charge on any atom is -0.336 e. The smallest absolute Gasteiger partial charge is 0.253 e. The Hall–Kier alpha value is -2.28. The minimum atomic E-state index is 0.0769. The van der Waals surface area contributed by atoms with Crippen molar-refractivity contribution in [3.63, 3.8) is 0 Å². The summed E-state index contributed by atoms with van der Waals surface area (Å²) < 4.78 is 1.08. The van der Waals surface area contributed by atoms with E-state index in [-0.39, 0.29) is 11.9 Å². The first-order valence-corrected chi connectivity index (χ1v) is 8.61. The number of fused-ring (bicyclic) bond motifs is 1. The lowest BCUT2D eigenvalue weighted by Crippen LogP contribution is -2.29. The monoisotopic (exact) mass is 327 g/mol. The molecule has 7 heteroatoms. The second kappa shape index (κ2) is 5.73. The standard InChI is InChI=1S/C16H17N5OS/c1-2-15-19-13-4-3-11(9-14(13)23-15)16(22)20-8-5-12(10-20)21-17-6-7-18-21/h3-4,6-7,9,12H,2,5,8,10H2,1H3. The highest BCUT2D eigenvalue weighted by molar-refractivity contribution is 7.18. The Morgan fingerprint density at radius 1 is 1.35 bits per heavy atom. The Kier molecular flexibility index (Phi) is 3.57. The van der Waals surface area contributed by atoms with Crippen LogP contribution in [0.1, 0.15) is 34.8 Å². The van der Waals surface area contributed by atoms with Crippen molar-refractivity contribution in [2.24, 2.45) is 0 Å². The molecule has 1 saturated heterocycles. The molecule has 0 N–H and O–H groups in total. The summed E-state index contributed by atoms with van der Waals surface area (Å²) in [6.07, 6.45) is 5.16. The number of carbonyl (C=O) groups excluding carboxylic acids is 1. The van der Waals surface area contributed by atoms with Crippen molar-refractivity contribution >= 4 is 27.5 Å². The van der Waals surface area contributed by atoms with E-state index >= 15 is 0 Å². The predicted octanol–water partition coefficient (Wildman–Crippen LogP) is 2.54. The lowest BCUT2D eigenvalue weighted by atomic mass is 10.2. The van der Waals surface area contributed by atoms with Crippen LogP contribution in [0, 0.1) is 0 Å². The molecular weight excluding hydrogens is 310 g/mol. The van der Waals surface area contributed by atoms with Crippen LogP contribution in [-0.2, 0) is 6.42 Å². The van der Waals surface area contributed by atoms with Gasteiger partial charge in [-0.25, -0.2) is 4.98 Å². The van der Waals surface area contributed by atoms with Crippen LogP contribution in [0.15, 0.2) is 30.6 Å². The molecule has 3 heterocycles. The van der Waals surface area contributed by atoms with E-state index < -0.39 is 0 Å². The maximum atomic E-state index is 12.7. The number of thiazole rings is 1. The summed E-state index contributed by atoms with van der Waals surface area (Å²) in [6.45, 7) is 3.50. The van der Waals surface area contributed by atoms with Gasteiger partial charge in [-0.3, -0.25) is 4.79 Å². The highest BCUT2D eigenvalue weighted by Crippen LogP contribution is 2.26. The molecule has 0 saturated carbocycles. The van der Waals surface area contributed by atoms with Crippen LogP contribution in [0.3, 0.4) is 0 Å². The third-order valence-electron chi connectivity index (χ3n) is 4.20. The van der Waals surface area contributed by atoms with Gasteiger partial charge >= 0.3 is 0 Å². The van der Waals surface area contributed by atoms with Gasteiger partial charge in [-0.2, -0.15) is 15.0 Å². The number of nitrogens with zero attached hydrogens (tertiary/aromatic N) is 5. The molecule has 1 aliphatic heterocycles. The Morgan fingerprint density at radius 3 is 2.96 bits per heavy atom. The summed E-state index contributed by atoms with van der Waals surface area (Å²) in [7, 11) is 0. The van der Waals surface area contributed by atoms with Gasteiger partial charge in [0, 0.05) is 18.7 Å². The number of carbonyl (C=O) groups is 1. The first-order valence-electron chi connectivity index (χ1n) is 7.79. The zero-order valence-electron chi connectivity index (χ0n) is 12.8. The van der Waals surface area contributed by atoms with Gasteiger partial charge in [0.2, 0.25) is 0 Å². The van der Waals surface area contributed by atoms with Crippen molar-refractivity contribution in [1.82, 2.24) is 24.9 Å². The molecule has 118 valence electrons. The van der Waals surface area contributed by atoms with Crippen molar-refractivity contribution in [1.29, 1.82) is 0 Å². The molecule has 1 fully saturated rings. The molecule has 0 aliphatic carbocycles. The van der Waals surface area contributed by atoms with Gasteiger partial charge in [0.1, 0.15) is 0 Å². The van der Waals surface area contributed by atoms with Crippen LogP contribution in [-0.4, -0.2) is 43.9 Å². The van der Waals surface area contributed by atoms with E-state index in [1.165, 1.54) is 0 Å². The fourth-order valence-corrected chi connectivity index (χ4v) is 3.91. The fraction of sp³-hybridized carbons (Fsp3) is 0.375. The maximum absolute atomic E-state index is 12.7. The van der Waals surface area contributed by atoms with Crippen LogP contribution >= 0.6 is 11.3 Å². The van der Waals surface area contributed by atoms with Crippen molar-refractivity contribution < 1.29 is 4.79 Å². The number of amides is 1. The number of hydrogen-bond acceptors (Lipinski definition) is 5. The molecule has 6 nitrogen and oxygen atoms in total. The average Bonchev–Trinajstić information content (AvgIpc) is 3.31. The second-order valence-electron chi connectivity index (χ2n) is 5.69. The van der Waals surface area contributed by atoms with E-state index in [9.17, 15) is 4.79 Å². The third kappa shape index (κ3) is 2.61. The second-order valence-corrected chi connectivity index (χ2v) is 6.80. The van der Waals surface area contributed by atoms with Gasteiger partial charge in [0.15, 0.2) is 0 Å². The molecule has 0 radical (unpaired) electrons. The summed E-state index contributed by atoms with van der Waals surface area (Å²) >= 11 is 1.66. The van der Waals surface area contributed by atoms with E-state index in [1.54, 1.807) is 28.5 Å². The topological polar surface area (TPSA) is 63.9 Å². The molecule has 1 aliphatic rings. The molecule has 1 atom stereocenters. The van der Waals surface area contributed by atoms with Gasteiger partial charge < -0.3 is 4.90 Å². The van der Waals surface area contributed by atoms with Crippen molar-refractivity contribution in [3.05, 3.63) is 41.2 Å². The molecule has 1 amide bonds. The highest BCUT2D eigenvalue weighted by atomic mass is 32.1. The Labute approximate surface area is 137 Å². The number of likely N-dealkylation sites (tertiary alicyclic amines) is 1. The van der Waals surface area contributed by atoms with Crippen LogP contribution < -0.4 is 0 Å². The summed E-state index contributed by atoms with van der Waals surface area (Å²) in [5.41, 5.74) is 1.71. The van der Waals surface area contributed by atoms with E-state index in [4.69, 9.17) is 0 Å². The van der Waals surface area contributed by atoms with E-state index in [1.807, 2.05) is 23.1 Å². The van der Waals surface area contributed by atoms with Gasteiger partial charge in [0.25, 0.3) is 5.91 Å². The average molecular weight is 327 g/mol. The highest BCUT2D eigenvalue weighted by Gasteiger charge is 2.29. The van der Waals surface area contributed by atoms with Crippen molar-refractivity contribution in [3.8, 4) is 0 Å². The molecular formula is C16H17N5OS.